The number of rotatable bonds is 7. The summed E-state index contributed by atoms with van der Waals surface area (Å²) in [5.74, 6) is -0.417. The summed E-state index contributed by atoms with van der Waals surface area (Å²) in [7, 11) is 0. The summed E-state index contributed by atoms with van der Waals surface area (Å²) in [4.78, 5) is 24.7. The van der Waals surface area contributed by atoms with Gasteiger partial charge in [-0.15, -0.1) is 0 Å². The molecular weight excluding hydrogens is 322 g/mol. The van der Waals surface area contributed by atoms with Crippen LogP contribution in [0.15, 0.2) is 97.1 Å². The molecule has 3 rings (SSSR count). The Morgan fingerprint density at radius 1 is 0.692 bits per heavy atom. The molecule has 3 heteroatoms. The van der Waals surface area contributed by atoms with Crippen LogP contribution in [-0.2, 0) is 4.79 Å². The molecule has 0 atom stereocenters. The highest BCUT2D eigenvalue weighted by Crippen LogP contribution is 2.19. The van der Waals surface area contributed by atoms with Gasteiger partial charge in [0, 0.05) is 23.0 Å². The van der Waals surface area contributed by atoms with E-state index in [4.69, 9.17) is 0 Å². The molecule has 0 spiro atoms. The summed E-state index contributed by atoms with van der Waals surface area (Å²) in [5.41, 5.74) is 2.98. The highest BCUT2D eigenvalue weighted by Gasteiger charge is 2.12. The molecule has 3 aromatic rings. The van der Waals surface area contributed by atoms with Crippen molar-refractivity contribution in [3.8, 4) is 0 Å². The van der Waals surface area contributed by atoms with Crippen LogP contribution in [0.25, 0.3) is 5.70 Å². The number of carbonyl (C=O) groups excluding carboxylic acids is 2. The minimum Gasteiger partial charge on any atom is -0.355 e. The molecule has 0 saturated heterocycles. The third-order valence-corrected chi connectivity index (χ3v) is 3.87. The molecule has 0 aliphatic carbocycles. The van der Waals surface area contributed by atoms with Crippen LogP contribution in [0, 0.1) is 0 Å². The van der Waals surface area contributed by atoms with Gasteiger partial charge in [-0.2, -0.15) is 0 Å². The third kappa shape index (κ3) is 4.77. The van der Waals surface area contributed by atoms with Crippen LogP contribution in [0.4, 0.5) is 5.69 Å². The van der Waals surface area contributed by atoms with Crippen molar-refractivity contribution in [2.75, 3.05) is 5.32 Å². The van der Waals surface area contributed by atoms with Gasteiger partial charge in [0.05, 0.1) is 6.42 Å². The number of hydrogen-bond acceptors (Lipinski definition) is 3. The molecule has 3 aromatic carbocycles. The summed E-state index contributed by atoms with van der Waals surface area (Å²) in [6, 6.07) is 28.1. The van der Waals surface area contributed by atoms with E-state index in [2.05, 4.69) is 5.32 Å². The quantitative estimate of drug-likeness (QED) is 0.374. The molecule has 0 aliphatic rings. The van der Waals surface area contributed by atoms with Crippen LogP contribution in [0.3, 0.4) is 0 Å². The standard InChI is InChI=1S/C23H19NO2/c25-21(17-23(26)19-12-6-2-7-13-19)16-22(18-10-4-1-5-11-18)24-20-14-8-3-9-15-20/h1-16,24H,17H2. The van der Waals surface area contributed by atoms with E-state index in [0.717, 1.165) is 11.3 Å². The van der Waals surface area contributed by atoms with E-state index in [1.165, 1.54) is 6.08 Å². The maximum absolute atomic E-state index is 12.5. The van der Waals surface area contributed by atoms with Gasteiger partial charge in [-0.05, 0) is 17.7 Å². The van der Waals surface area contributed by atoms with Crippen molar-refractivity contribution in [2.24, 2.45) is 0 Å². The molecule has 128 valence electrons. The molecule has 0 amide bonds. The molecular formula is C23H19NO2. The SMILES string of the molecule is O=C(C=C(Nc1ccccc1)c1ccccc1)CC(=O)c1ccccc1. The second-order valence-corrected chi connectivity index (χ2v) is 5.85. The molecule has 0 radical (unpaired) electrons. The zero-order chi connectivity index (χ0) is 18.2. The number of benzene rings is 3. The number of ketones is 2. The first-order valence-electron chi connectivity index (χ1n) is 8.42. The Bertz CT molecular complexity index is 901. The van der Waals surface area contributed by atoms with E-state index < -0.39 is 0 Å². The van der Waals surface area contributed by atoms with Crippen molar-refractivity contribution in [3.05, 3.63) is 108 Å². The number of Topliss-reactive ketones (excluding diaryl/α,β-unsaturated/α-hetero) is 1. The van der Waals surface area contributed by atoms with Gasteiger partial charge in [0.1, 0.15) is 0 Å². The Balaban J connectivity index is 1.81. The zero-order valence-electron chi connectivity index (χ0n) is 14.3. The number of nitrogens with one attached hydrogen (secondary N) is 1. The average Bonchev–Trinajstić information content (AvgIpc) is 2.69. The molecule has 3 nitrogen and oxygen atoms in total. The summed E-state index contributed by atoms with van der Waals surface area (Å²) in [5, 5.41) is 3.27. The number of allylic oxidation sites excluding steroid dienone is 1. The van der Waals surface area contributed by atoms with Gasteiger partial charge in [0.2, 0.25) is 0 Å². The van der Waals surface area contributed by atoms with E-state index in [9.17, 15) is 9.59 Å². The zero-order valence-corrected chi connectivity index (χ0v) is 14.3. The van der Waals surface area contributed by atoms with Crippen molar-refractivity contribution < 1.29 is 9.59 Å². The fourth-order valence-corrected chi connectivity index (χ4v) is 2.58. The lowest BCUT2D eigenvalue weighted by atomic mass is 10.0. The average molecular weight is 341 g/mol. The lowest BCUT2D eigenvalue weighted by molar-refractivity contribution is -0.113. The molecule has 0 aliphatic heterocycles. The van der Waals surface area contributed by atoms with Crippen LogP contribution in [0.2, 0.25) is 0 Å². The predicted molar refractivity (Wildman–Crippen MR) is 105 cm³/mol. The summed E-state index contributed by atoms with van der Waals surface area (Å²) < 4.78 is 0. The molecule has 0 bridgehead atoms. The van der Waals surface area contributed by atoms with Crippen LogP contribution in [0.5, 0.6) is 0 Å². The Morgan fingerprint density at radius 3 is 1.77 bits per heavy atom. The van der Waals surface area contributed by atoms with Crippen LogP contribution in [-0.4, -0.2) is 11.6 Å². The number of para-hydroxylation sites is 1. The van der Waals surface area contributed by atoms with Gasteiger partial charge in [-0.1, -0.05) is 78.9 Å². The summed E-state index contributed by atoms with van der Waals surface area (Å²) >= 11 is 0. The third-order valence-electron chi connectivity index (χ3n) is 3.87. The smallest absolute Gasteiger partial charge is 0.170 e. The Hall–Kier alpha value is -3.46. The Morgan fingerprint density at radius 2 is 1.19 bits per heavy atom. The van der Waals surface area contributed by atoms with Crippen molar-refractivity contribution >= 4 is 23.0 Å². The van der Waals surface area contributed by atoms with Gasteiger partial charge in [0.25, 0.3) is 0 Å². The van der Waals surface area contributed by atoms with Crippen molar-refractivity contribution in [1.82, 2.24) is 0 Å². The minimum atomic E-state index is -0.235. The maximum Gasteiger partial charge on any atom is 0.170 e. The van der Waals surface area contributed by atoms with E-state index in [1.807, 2.05) is 66.7 Å². The number of hydrogen-bond donors (Lipinski definition) is 1. The van der Waals surface area contributed by atoms with E-state index in [0.29, 0.717) is 11.3 Å². The monoisotopic (exact) mass is 341 g/mol. The van der Waals surface area contributed by atoms with E-state index >= 15 is 0 Å². The van der Waals surface area contributed by atoms with E-state index in [-0.39, 0.29) is 18.0 Å². The second-order valence-electron chi connectivity index (χ2n) is 5.85. The van der Waals surface area contributed by atoms with Crippen LogP contribution in [0.1, 0.15) is 22.3 Å². The highest BCUT2D eigenvalue weighted by molar-refractivity contribution is 6.13. The first kappa shape index (κ1) is 17.4. The van der Waals surface area contributed by atoms with Gasteiger partial charge >= 0.3 is 0 Å². The molecule has 0 heterocycles. The lowest BCUT2D eigenvalue weighted by Crippen LogP contribution is -2.08. The van der Waals surface area contributed by atoms with Crippen molar-refractivity contribution in [3.63, 3.8) is 0 Å². The Kier molecular flexibility index (Phi) is 5.73. The van der Waals surface area contributed by atoms with Gasteiger partial charge < -0.3 is 5.32 Å². The fourth-order valence-electron chi connectivity index (χ4n) is 2.58. The lowest BCUT2D eigenvalue weighted by Gasteiger charge is -2.11. The fraction of sp³-hybridized carbons (Fsp3) is 0.0435. The van der Waals surface area contributed by atoms with Crippen LogP contribution < -0.4 is 5.32 Å². The molecule has 0 aromatic heterocycles. The summed E-state index contributed by atoms with van der Waals surface area (Å²) in [6.45, 7) is 0. The molecule has 0 fully saturated rings. The van der Waals surface area contributed by atoms with E-state index in [1.54, 1.807) is 24.3 Å². The normalized spacial score (nSPS) is 11.0. The molecule has 0 saturated carbocycles. The Labute approximate surface area is 153 Å². The first-order chi connectivity index (χ1) is 12.7. The van der Waals surface area contributed by atoms with Crippen molar-refractivity contribution in [2.45, 2.75) is 6.42 Å². The maximum atomic E-state index is 12.5. The van der Waals surface area contributed by atoms with Gasteiger partial charge in [-0.3, -0.25) is 9.59 Å². The van der Waals surface area contributed by atoms with Crippen molar-refractivity contribution in [1.29, 1.82) is 0 Å². The summed E-state index contributed by atoms with van der Waals surface area (Å²) in [6.07, 6.45) is 1.35. The number of anilines is 1. The molecule has 1 N–H and O–H groups in total. The van der Waals surface area contributed by atoms with Crippen LogP contribution >= 0.6 is 0 Å². The number of carbonyl (C=O) groups is 2. The molecule has 26 heavy (non-hydrogen) atoms. The molecule has 0 unspecified atom stereocenters. The second kappa shape index (κ2) is 8.58. The first-order valence-corrected chi connectivity index (χ1v) is 8.42. The van der Waals surface area contributed by atoms with Gasteiger partial charge in [0.15, 0.2) is 11.6 Å². The minimum absolute atomic E-state index is 0.156. The predicted octanol–water partition coefficient (Wildman–Crippen LogP) is 4.98. The largest absolute Gasteiger partial charge is 0.355 e. The highest BCUT2D eigenvalue weighted by atomic mass is 16.1. The van der Waals surface area contributed by atoms with Gasteiger partial charge in [-0.25, -0.2) is 0 Å². The topological polar surface area (TPSA) is 46.2 Å².